The largest absolute Gasteiger partial charge is 0.468 e. The summed E-state index contributed by atoms with van der Waals surface area (Å²) in [7, 11) is 2.71. The van der Waals surface area contributed by atoms with Gasteiger partial charge in [0.05, 0.1) is 25.2 Å². The van der Waals surface area contributed by atoms with Crippen molar-refractivity contribution in [3.05, 3.63) is 58.2 Å². The van der Waals surface area contributed by atoms with Gasteiger partial charge in [-0.2, -0.15) is 0 Å². The molecule has 0 unspecified atom stereocenters. The average molecular weight is 431 g/mol. The van der Waals surface area contributed by atoms with Gasteiger partial charge in [0.15, 0.2) is 5.78 Å². The Morgan fingerprint density at radius 1 is 1.19 bits per heavy atom. The number of esters is 2. The van der Waals surface area contributed by atoms with Crippen molar-refractivity contribution in [2.45, 2.75) is 26.2 Å². The predicted octanol–water partition coefficient (Wildman–Crippen LogP) is 2.63. The maximum absolute atomic E-state index is 14.9. The van der Waals surface area contributed by atoms with E-state index in [1.54, 1.807) is 19.9 Å². The van der Waals surface area contributed by atoms with Crippen LogP contribution in [0.5, 0.6) is 0 Å². The third-order valence-corrected chi connectivity index (χ3v) is 5.70. The van der Waals surface area contributed by atoms with Crippen LogP contribution in [-0.4, -0.2) is 45.2 Å². The molecule has 3 atom stereocenters. The summed E-state index contributed by atoms with van der Waals surface area (Å²) in [4.78, 5) is 38.8. The smallest absolute Gasteiger partial charge is 0.336 e. The van der Waals surface area contributed by atoms with E-state index in [4.69, 9.17) is 14.2 Å². The maximum atomic E-state index is 14.9. The zero-order valence-corrected chi connectivity index (χ0v) is 18.0. The van der Waals surface area contributed by atoms with Gasteiger partial charge in [0.2, 0.25) is 0 Å². The molecule has 0 bridgehead atoms. The van der Waals surface area contributed by atoms with Crippen molar-refractivity contribution in [2.24, 2.45) is 11.8 Å². The van der Waals surface area contributed by atoms with Gasteiger partial charge < -0.3 is 19.5 Å². The topological polar surface area (TPSA) is 90.9 Å². The van der Waals surface area contributed by atoms with E-state index in [1.807, 2.05) is 0 Å². The van der Waals surface area contributed by atoms with E-state index in [0.29, 0.717) is 17.8 Å². The van der Waals surface area contributed by atoms with Crippen LogP contribution in [0.4, 0.5) is 4.39 Å². The van der Waals surface area contributed by atoms with E-state index < -0.39 is 35.4 Å². The van der Waals surface area contributed by atoms with Crippen LogP contribution in [0.3, 0.4) is 0 Å². The third-order valence-electron chi connectivity index (χ3n) is 5.70. The molecule has 2 aliphatic rings. The van der Waals surface area contributed by atoms with Crippen LogP contribution < -0.4 is 5.32 Å². The van der Waals surface area contributed by atoms with Gasteiger partial charge in [0.1, 0.15) is 18.3 Å². The van der Waals surface area contributed by atoms with Crippen molar-refractivity contribution >= 4 is 17.7 Å². The average Bonchev–Trinajstić information content (AvgIpc) is 2.73. The number of hydrogen-bond donors (Lipinski definition) is 1. The highest BCUT2D eigenvalue weighted by molar-refractivity contribution is 6.12. The van der Waals surface area contributed by atoms with Crippen molar-refractivity contribution in [1.82, 2.24) is 5.32 Å². The molecule has 0 aromatic heterocycles. The number of methoxy groups -OCH3 is 2. The summed E-state index contributed by atoms with van der Waals surface area (Å²) in [6, 6.07) is 5.97. The Bertz CT molecular complexity index is 967. The first kappa shape index (κ1) is 22.7. The monoisotopic (exact) mass is 431 g/mol. The number of carbonyl (C=O) groups is 3. The van der Waals surface area contributed by atoms with Gasteiger partial charge in [-0.15, -0.1) is 0 Å². The summed E-state index contributed by atoms with van der Waals surface area (Å²) in [5.41, 5.74) is 1.55. The lowest BCUT2D eigenvalue weighted by Gasteiger charge is -2.38. The van der Waals surface area contributed by atoms with Gasteiger partial charge in [-0.25, -0.2) is 9.18 Å². The molecule has 1 aliphatic carbocycles. The highest BCUT2D eigenvalue weighted by atomic mass is 19.1. The number of dihydropyridines is 1. The van der Waals surface area contributed by atoms with E-state index in [2.05, 4.69) is 5.32 Å². The van der Waals surface area contributed by atoms with Crippen LogP contribution in [-0.2, 0) is 28.6 Å². The summed E-state index contributed by atoms with van der Waals surface area (Å²) in [6.07, 6.45) is 0.384. The summed E-state index contributed by atoms with van der Waals surface area (Å²) in [5.74, 6) is -4.69. The van der Waals surface area contributed by atoms with Crippen molar-refractivity contribution in [3.8, 4) is 0 Å². The van der Waals surface area contributed by atoms with Crippen LogP contribution in [0.25, 0.3) is 0 Å². The van der Waals surface area contributed by atoms with Crippen molar-refractivity contribution in [3.63, 3.8) is 0 Å². The fraction of sp³-hybridized carbons (Fsp3) is 0.435. The van der Waals surface area contributed by atoms with Gasteiger partial charge >= 0.3 is 11.9 Å². The number of nitrogens with one attached hydrogen (secondary N) is 1. The molecular formula is C23H26FNO6. The minimum atomic E-state index is -1.02. The van der Waals surface area contributed by atoms with E-state index in [0.717, 1.165) is 0 Å². The molecule has 166 valence electrons. The van der Waals surface area contributed by atoms with Crippen molar-refractivity contribution in [1.29, 1.82) is 0 Å². The predicted molar refractivity (Wildman–Crippen MR) is 109 cm³/mol. The standard InChI is InChI=1S/C23H26FNO6/c1-12-11-16-20(21(26)17(12)22(27)30-4)19(14-7-5-6-8-15(14)24)18(13(2)25-16)23(28)31-10-9-29-3/h5-8,12,17,19,25H,9-11H2,1-4H3/t12-,17+,19+/m0/s1. The molecule has 0 radical (unpaired) electrons. The third kappa shape index (κ3) is 4.25. The van der Waals surface area contributed by atoms with E-state index in [-0.39, 0.29) is 35.8 Å². The number of halogens is 1. The van der Waals surface area contributed by atoms with Gasteiger partial charge in [0, 0.05) is 29.6 Å². The summed E-state index contributed by atoms with van der Waals surface area (Å²) in [6.45, 7) is 3.69. The Kier molecular flexibility index (Phi) is 6.90. The second-order valence-corrected chi connectivity index (χ2v) is 7.69. The van der Waals surface area contributed by atoms with E-state index in [1.165, 1.54) is 32.4 Å². The minimum Gasteiger partial charge on any atom is -0.468 e. The first-order valence-electron chi connectivity index (χ1n) is 10.0. The molecule has 1 aromatic carbocycles. The summed E-state index contributed by atoms with van der Waals surface area (Å²) < 4.78 is 30.0. The number of ether oxygens (including phenoxy) is 3. The molecule has 1 aliphatic heterocycles. The van der Waals surface area contributed by atoms with E-state index >= 15 is 0 Å². The number of allylic oxidation sites excluding steroid dienone is 3. The van der Waals surface area contributed by atoms with Crippen LogP contribution in [0, 0.1) is 17.7 Å². The van der Waals surface area contributed by atoms with Crippen LogP contribution in [0.15, 0.2) is 46.8 Å². The number of benzene rings is 1. The number of ketones is 1. The first-order valence-corrected chi connectivity index (χ1v) is 10.0. The van der Waals surface area contributed by atoms with Gasteiger partial charge in [-0.1, -0.05) is 25.1 Å². The Morgan fingerprint density at radius 3 is 2.55 bits per heavy atom. The van der Waals surface area contributed by atoms with Gasteiger partial charge in [-0.3, -0.25) is 9.59 Å². The van der Waals surface area contributed by atoms with Crippen molar-refractivity contribution in [2.75, 3.05) is 27.4 Å². The van der Waals surface area contributed by atoms with Crippen molar-refractivity contribution < 1.29 is 33.0 Å². The lowest BCUT2D eigenvalue weighted by Crippen LogP contribution is -2.43. The molecule has 1 N–H and O–H groups in total. The lowest BCUT2D eigenvalue weighted by molar-refractivity contribution is -0.151. The number of rotatable bonds is 6. The van der Waals surface area contributed by atoms with Crippen LogP contribution in [0.2, 0.25) is 0 Å². The molecule has 0 amide bonds. The molecular weight excluding hydrogens is 405 g/mol. The normalized spacial score (nSPS) is 23.3. The molecule has 7 nitrogen and oxygen atoms in total. The van der Waals surface area contributed by atoms with E-state index in [9.17, 15) is 18.8 Å². The van der Waals surface area contributed by atoms with Crippen LogP contribution >= 0.6 is 0 Å². The summed E-state index contributed by atoms with van der Waals surface area (Å²) in [5, 5.41) is 3.13. The Morgan fingerprint density at radius 2 is 1.90 bits per heavy atom. The highest BCUT2D eigenvalue weighted by Crippen LogP contribution is 2.45. The van der Waals surface area contributed by atoms with Gasteiger partial charge in [-0.05, 0) is 25.3 Å². The number of Topliss-reactive ketones (excluding diaryl/α,β-unsaturated/α-hetero) is 1. The zero-order chi connectivity index (χ0) is 22.7. The zero-order valence-electron chi connectivity index (χ0n) is 18.0. The molecule has 0 saturated heterocycles. The quantitative estimate of drug-likeness (QED) is 0.421. The molecule has 0 saturated carbocycles. The molecule has 1 aromatic rings. The fourth-order valence-electron chi connectivity index (χ4n) is 4.27. The fourth-order valence-corrected chi connectivity index (χ4v) is 4.27. The summed E-state index contributed by atoms with van der Waals surface area (Å²) >= 11 is 0. The number of hydrogen-bond acceptors (Lipinski definition) is 7. The maximum Gasteiger partial charge on any atom is 0.336 e. The Hall–Kier alpha value is -3.00. The highest BCUT2D eigenvalue weighted by Gasteiger charge is 2.47. The molecule has 0 fully saturated rings. The van der Waals surface area contributed by atoms with Crippen LogP contribution in [0.1, 0.15) is 31.7 Å². The molecule has 31 heavy (non-hydrogen) atoms. The minimum absolute atomic E-state index is 0.0117. The lowest BCUT2D eigenvalue weighted by atomic mass is 9.69. The second-order valence-electron chi connectivity index (χ2n) is 7.69. The molecule has 1 heterocycles. The SMILES string of the molecule is COCCOC(=O)C1=C(C)NC2=C(C(=O)[C@H](C(=O)OC)[C@@H](C)C2)[C@@H]1c1ccccc1F. The number of carbonyl (C=O) groups excluding carboxylic acids is 3. The molecule has 8 heteroatoms. The molecule has 3 rings (SSSR count). The Labute approximate surface area is 180 Å². The molecule has 0 spiro atoms. The Balaban J connectivity index is 2.14. The first-order chi connectivity index (χ1) is 14.8. The van der Waals surface area contributed by atoms with Gasteiger partial charge in [0.25, 0.3) is 0 Å². The second kappa shape index (κ2) is 9.43.